The van der Waals surface area contributed by atoms with Crippen molar-refractivity contribution < 1.29 is 0 Å². The van der Waals surface area contributed by atoms with E-state index < -0.39 is 0 Å². The van der Waals surface area contributed by atoms with Crippen molar-refractivity contribution in [3.63, 3.8) is 0 Å². The quantitative estimate of drug-likeness (QED) is 0.916. The van der Waals surface area contributed by atoms with E-state index in [-0.39, 0.29) is 43.3 Å². The van der Waals surface area contributed by atoms with E-state index in [9.17, 15) is 0 Å². The highest BCUT2D eigenvalue weighted by Gasteiger charge is 2.13. The third-order valence-corrected chi connectivity index (χ3v) is 3.51. The summed E-state index contributed by atoms with van der Waals surface area (Å²) in [5.74, 6) is 0. The Kier molecular flexibility index (Phi) is 11.9. The van der Waals surface area contributed by atoms with Crippen molar-refractivity contribution in [3.05, 3.63) is 35.4 Å². The zero-order valence-corrected chi connectivity index (χ0v) is 14.6. The lowest BCUT2D eigenvalue weighted by Gasteiger charge is -2.32. The summed E-state index contributed by atoms with van der Waals surface area (Å²) in [4.78, 5) is 4.90. The smallest absolute Gasteiger partial charge is 0.0266 e. The van der Waals surface area contributed by atoms with Crippen molar-refractivity contribution >= 4 is 37.2 Å². The van der Waals surface area contributed by atoms with Crippen LogP contribution >= 0.6 is 37.2 Å². The van der Waals surface area contributed by atoms with Gasteiger partial charge in [0.25, 0.3) is 0 Å². The molecule has 0 spiro atoms. The van der Waals surface area contributed by atoms with Gasteiger partial charge in [0.15, 0.2) is 0 Å². The number of nitrogens with zero attached hydrogens (tertiary/aromatic N) is 2. The highest BCUT2D eigenvalue weighted by molar-refractivity contribution is 5.86. The topological polar surface area (TPSA) is 32.5 Å². The molecule has 2 rings (SSSR count). The molecule has 1 aromatic carbocycles. The van der Waals surface area contributed by atoms with Gasteiger partial charge in [-0.3, -0.25) is 4.90 Å². The molecule has 1 unspecified atom stereocenters. The zero-order chi connectivity index (χ0) is 12.3. The van der Waals surface area contributed by atoms with Crippen LogP contribution in [-0.2, 0) is 6.54 Å². The lowest BCUT2D eigenvalue weighted by atomic mass is 10.1. The lowest BCUT2D eigenvalue weighted by molar-refractivity contribution is 0.148. The second-order valence-electron chi connectivity index (χ2n) is 5.11. The molecule has 1 heterocycles. The summed E-state index contributed by atoms with van der Waals surface area (Å²) >= 11 is 0. The van der Waals surface area contributed by atoms with Crippen LogP contribution in [0.25, 0.3) is 0 Å². The van der Waals surface area contributed by atoms with Gasteiger partial charge in [-0.2, -0.15) is 0 Å². The number of likely N-dealkylation sites (N-methyl/N-ethyl adjacent to an activating group) is 1. The summed E-state index contributed by atoms with van der Waals surface area (Å²) in [5.41, 5.74) is 8.45. The van der Waals surface area contributed by atoms with E-state index in [1.807, 2.05) is 6.92 Å². The summed E-state index contributed by atoms with van der Waals surface area (Å²) in [6.07, 6.45) is 0. The van der Waals surface area contributed by atoms with Crippen LogP contribution in [0.15, 0.2) is 24.3 Å². The monoisotopic (exact) mass is 341 g/mol. The Balaban J connectivity index is 0. The summed E-state index contributed by atoms with van der Waals surface area (Å²) in [6, 6.07) is 8.84. The van der Waals surface area contributed by atoms with Crippen molar-refractivity contribution in [3.8, 4) is 0 Å². The summed E-state index contributed by atoms with van der Waals surface area (Å²) in [5, 5.41) is 0. The highest BCUT2D eigenvalue weighted by atomic mass is 35.5. The fourth-order valence-corrected chi connectivity index (χ4v) is 2.19. The first-order chi connectivity index (χ1) is 8.15. The molecule has 0 aromatic heterocycles. The van der Waals surface area contributed by atoms with Crippen LogP contribution in [-0.4, -0.2) is 43.0 Å². The predicted octanol–water partition coefficient (Wildman–Crippen LogP) is 2.72. The maximum Gasteiger partial charge on any atom is 0.0266 e. The Morgan fingerprint density at radius 2 is 1.50 bits per heavy atom. The van der Waals surface area contributed by atoms with Gasteiger partial charge in [0.05, 0.1) is 0 Å². The molecular weight excluding hydrogens is 317 g/mol. The second kappa shape index (κ2) is 10.7. The summed E-state index contributed by atoms with van der Waals surface area (Å²) in [6.45, 7) is 7.79. The molecule has 1 aliphatic heterocycles. The molecule has 1 aromatic rings. The van der Waals surface area contributed by atoms with E-state index in [1.54, 1.807) is 0 Å². The van der Waals surface area contributed by atoms with Gasteiger partial charge < -0.3 is 10.6 Å². The van der Waals surface area contributed by atoms with Gasteiger partial charge in [0, 0.05) is 38.8 Å². The highest BCUT2D eigenvalue weighted by Crippen LogP contribution is 2.13. The zero-order valence-electron chi connectivity index (χ0n) is 12.1. The van der Waals surface area contributed by atoms with E-state index in [0.717, 1.165) is 6.54 Å². The predicted molar refractivity (Wildman–Crippen MR) is 93.6 cm³/mol. The van der Waals surface area contributed by atoms with Gasteiger partial charge >= 0.3 is 0 Å². The van der Waals surface area contributed by atoms with E-state index >= 15 is 0 Å². The molecule has 3 nitrogen and oxygen atoms in total. The van der Waals surface area contributed by atoms with E-state index in [4.69, 9.17) is 5.73 Å². The fourth-order valence-electron chi connectivity index (χ4n) is 2.19. The SMILES string of the molecule is CC(N)c1ccc(CN2CCN(C)CC2)cc1.Cl.Cl.Cl. The first-order valence-corrected chi connectivity index (χ1v) is 6.40. The maximum atomic E-state index is 5.85. The molecular formula is C14H26Cl3N3. The van der Waals surface area contributed by atoms with Crippen LogP contribution in [0.2, 0.25) is 0 Å². The van der Waals surface area contributed by atoms with Crippen LogP contribution in [0, 0.1) is 0 Å². The van der Waals surface area contributed by atoms with Gasteiger partial charge in [0.1, 0.15) is 0 Å². The molecule has 1 saturated heterocycles. The molecule has 0 amide bonds. The number of hydrogen-bond donors (Lipinski definition) is 1. The Labute approximate surface area is 141 Å². The van der Waals surface area contributed by atoms with Crippen LogP contribution in [0.5, 0.6) is 0 Å². The standard InChI is InChI=1S/C14H23N3.3ClH/c1-12(15)14-5-3-13(4-6-14)11-17-9-7-16(2)8-10-17;;;/h3-6,12H,7-11,15H2,1-2H3;3*1H. The lowest BCUT2D eigenvalue weighted by Crippen LogP contribution is -2.43. The summed E-state index contributed by atoms with van der Waals surface area (Å²) in [7, 11) is 2.19. The molecule has 1 aliphatic rings. The van der Waals surface area contributed by atoms with Crippen LogP contribution < -0.4 is 5.73 Å². The minimum atomic E-state index is 0. The average molecular weight is 343 g/mol. The number of piperazine rings is 1. The number of nitrogens with two attached hydrogens (primary N) is 1. The maximum absolute atomic E-state index is 5.85. The Hall–Kier alpha value is -0.0300. The van der Waals surface area contributed by atoms with Crippen LogP contribution in [0.3, 0.4) is 0 Å². The Morgan fingerprint density at radius 1 is 1.00 bits per heavy atom. The Bertz CT molecular complexity index is 349. The van der Waals surface area contributed by atoms with Gasteiger partial charge in [-0.25, -0.2) is 0 Å². The fraction of sp³-hybridized carbons (Fsp3) is 0.571. The average Bonchev–Trinajstić information content (AvgIpc) is 2.33. The van der Waals surface area contributed by atoms with E-state index in [0.29, 0.717) is 0 Å². The van der Waals surface area contributed by atoms with Crippen molar-refractivity contribution in [2.45, 2.75) is 19.5 Å². The molecule has 0 bridgehead atoms. The minimum Gasteiger partial charge on any atom is -0.324 e. The molecule has 1 atom stereocenters. The number of rotatable bonds is 3. The Morgan fingerprint density at radius 3 is 1.95 bits per heavy atom. The number of hydrogen-bond acceptors (Lipinski definition) is 3. The van der Waals surface area contributed by atoms with E-state index in [1.165, 1.54) is 37.3 Å². The van der Waals surface area contributed by atoms with Crippen molar-refractivity contribution in [1.82, 2.24) is 9.80 Å². The minimum absolute atomic E-state index is 0. The van der Waals surface area contributed by atoms with Crippen LogP contribution in [0.4, 0.5) is 0 Å². The first-order valence-electron chi connectivity index (χ1n) is 6.40. The number of halogens is 3. The molecule has 118 valence electrons. The third-order valence-electron chi connectivity index (χ3n) is 3.51. The molecule has 0 saturated carbocycles. The molecule has 0 radical (unpaired) electrons. The molecule has 2 N–H and O–H groups in total. The largest absolute Gasteiger partial charge is 0.324 e. The van der Waals surface area contributed by atoms with Gasteiger partial charge in [-0.15, -0.1) is 37.2 Å². The molecule has 0 aliphatic carbocycles. The van der Waals surface area contributed by atoms with Crippen molar-refractivity contribution in [2.24, 2.45) is 5.73 Å². The summed E-state index contributed by atoms with van der Waals surface area (Å²) < 4.78 is 0. The van der Waals surface area contributed by atoms with E-state index in [2.05, 4.69) is 41.1 Å². The first kappa shape index (κ1) is 22.3. The normalized spacial score (nSPS) is 17.4. The number of benzene rings is 1. The van der Waals surface area contributed by atoms with Gasteiger partial charge in [-0.1, -0.05) is 24.3 Å². The molecule has 1 fully saturated rings. The molecule has 6 heteroatoms. The van der Waals surface area contributed by atoms with Gasteiger partial charge in [0.2, 0.25) is 0 Å². The van der Waals surface area contributed by atoms with Crippen molar-refractivity contribution in [2.75, 3.05) is 33.2 Å². The van der Waals surface area contributed by atoms with Gasteiger partial charge in [-0.05, 0) is 25.1 Å². The second-order valence-corrected chi connectivity index (χ2v) is 5.11. The van der Waals surface area contributed by atoms with Crippen molar-refractivity contribution in [1.29, 1.82) is 0 Å². The third kappa shape index (κ3) is 6.61. The van der Waals surface area contributed by atoms with Crippen LogP contribution in [0.1, 0.15) is 24.1 Å². The molecule has 20 heavy (non-hydrogen) atoms.